The summed E-state index contributed by atoms with van der Waals surface area (Å²) in [6.07, 6.45) is 4.67. The Morgan fingerprint density at radius 3 is 2.62 bits per heavy atom. The largest absolute Gasteiger partial charge is 0.258 e. The van der Waals surface area contributed by atoms with Crippen LogP contribution in [0.15, 0.2) is 12.4 Å². The van der Waals surface area contributed by atoms with Gasteiger partial charge in [0.25, 0.3) is 0 Å². The Morgan fingerprint density at radius 2 is 2.15 bits per heavy atom. The van der Waals surface area contributed by atoms with Crippen molar-refractivity contribution in [2.45, 2.75) is 26.2 Å². The van der Waals surface area contributed by atoms with Crippen LogP contribution in [0.3, 0.4) is 0 Å². The van der Waals surface area contributed by atoms with Crippen molar-refractivity contribution >= 4 is 22.5 Å². The maximum atomic E-state index is 4.33. The lowest BCUT2D eigenvalue weighted by atomic mass is 10.1. The first-order valence-corrected chi connectivity index (χ1v) is 6.35. The van der Waals surface area contributed by atoms with Gasteiger partial charge in [-0.1, -0.05) is 24.6 Å². The highest BCUT2D eigenvalue weighted by molar-refractivity contribution is 8.68. The summed E-state index contributed by atoms with van der Waals surface area (Å²) in [5, 5.41) is 0. The van der Waals surface area contributed by atoms with Gasteiger partial charge < -0.3 is 0 Å². The number of thiol groups is 1. The Kier molecular flexibility index (Phi) is 4.59. The fraction of sp³-hybridized carbons (Fsp3) is 0.556. The number of aromatic nitrogens is 2. The number of nitrogens with zero attached hydrogens (tertiary/aromatic N) is 2. The Morgan fingerprint density at radius 1 is 1.38 bits per heavy atom. The summed E-state index contributed by atoms with van der Waals surface area (Å²) in [5.41, 5.74) is 2.10. The van der Waals surface area contributed by atoms with Crippen molar-refractivity contribution in [2.75, 3.05) is 5.75 Å². The van der Waals surface area contributed by atoms with Gasteiger partial charge in [0.05, 0.1) is 11.4 Å². The zero-order valence-electron chi connectivity index (χ0n) is 7.90. The van der Waals surface area contributed by atoms with Crippen molar-refractivity contribution in [1.82, 2.24) is 9.97 Å². The lowest BCUT2D eigenvalue weighted by Crippen LogP contribution is -1.98. The van der Waals surface area contributed by atoms with Crippen molar-refractivity contribution in [1.29, 1.82) is 0 Å². The highest BCUT2D eigenvalue weighted by Crippen LogP contribution is 2.11. The van der Waals surface area contributed by atoms with E-state index in [0.29, 0.717) is 5.92 Å². The van der Waals surface area contributed by atoms with Crippen LogP contribution >= 0.6 is 22.5 Å². The van der Waals surface area contributed by atoms with Crippen LogP contribution in [0.25, 0.3) is 0 Å². The molecule has 0 saturated heterocycles. The Hall–Kier alpha value is -0.220. The molecule has 0 radical (unpaired) electrons. The quantitative estimate of drug-likeness (QED) is 0.616. The molecule has 4 heteroatoms. The van der Waals surface area contributed by atoms with Crippen molar-refractivity contribution in [2.24, 2.45) is 0 Å². The second kappa shape index (κ2) is 5.50. The van der Waals surface area contributed by atoms with Crippen LogP contribution in [0.1, 0.15) is 31.2 Å². The van der Waals surface area contributed by atoms with E-state index in [1.165, 1.54) is 10.8 Å². The maximum absolute atomic E-state index is 4.33. The molecule has 0 aliphatic carbocycles. The number of hydrogen-bond acceptors (Lipinski definition) is 4. The minimum atomic E-state index is 0.459. The molecule has 0 spiro atoms. The molecule has 1 heterocycles. The highest BCUT2D eigenvalue weighted by Gasteiger charge is 2.01. The molecule has 72 valence electrons. The first-order chi connectivity index (χ1) is 6.24. The molecule has 0 bridgehead atoms. The van der Waals surface area contributed by atoms with Crippen molar-refractivity contribution in [3.8, 4) is 0 Å². The summed E-state index contributed by atoms with van der Waals surface area (Å²) in [4.78, 5) is 8.66. The third kappa shape index (κ3) is 3.56. The van der Waals surface area contributed by atoms with E-state index in [1.54, 1.807) is 0 Å². The molecule has 13 heavy (non-hydrogen) atoms. The predicted molar refractivity (Wildman–Crippen MR) is 61.3 cm³/mol. The van der Waals surface area contributed by atoms with E-state index in [-0.39, 0.29) is 0 Å². The predicted octanol–water partition coefficient (Wildman–Crippen LogP) is 2.72. The van der Waals surface area contributed by atoms with Crippen LogP contribution in [0.4, 0.5) is 0 Å². The monoisotopic (exact) mass is 214 g/mol. The average Bonchev–Trinajstić information content (AvgIpc) is 2.15. The van der Waals surface area contributed by atoms with E-state index >= 15 is 0 Å². The summed E-state index contributed by atoms with van der Waals surface area (Å²) in [5.74, 6) is 1.44. The molecule has 0 saturated carbocycles. The Bertz CT molecular complexity index is 246. The van der Waals surface area contributed by atoms with Crippen molar-refractivity contribution < 1.29 is 0 Å². The molecule has 0 aliphatic heterocycles. The molecular formula is C9H14N2S2. The molecule has 0 unspecified atom stereocenters. The summed E-state index contributed by atoms with van der Waals surface area (Å²) < 4.78 is 0. The summed E-state index contributed by atoms with van der Waals surface area (Å²) in [6, 6.07) is 0. The normalized spacial score (nSPS) is 10.8. The Labute approximate surface area is 88.4 Å². The van der Waals surface area contributed by atoms with E-state index in [4.69, 9.17) is 0 Å². The first kappa shape index (κ1) is 10.9. The van der Waals surface area contributed by atoms with E-state index in [0.717, 1.165) is 23.6 Å². The highest BCUT2D eigenvalue weighted by atomic mass is 33.1. The fourth-order valence-electron chi connectivity index (χ4n) is 0.942. The molecule has 0 atom stereocenters. The van der Waals surface area contributed by atoms with Crippen LogP contribution in [0, 0.1) is 0 Å². The average molecular weight is 214 g/mol. The van der Waals surface area contributed by atoms with Crippen molar-refractivity contribution in [3.05, 3.63) is 23.8 Å². The van der Waals surface area contributed by atoms with Gasteiger partial charge in [0.15, 0.2) is 0 Å². The lowest BCUT2D eigenvalue weighted by molar-refractivity contribution is 0.802. The summed E-state index contributed by atoms with van der Waals surface area (Å²) >= 11 is 4.07. The number of hydrogen-bond donors (Lipinski definition) is 1. The minimum Gasteiger partial charge on any atom is -0.258 e. The van der Waals surface area contributed by atoms with E-state index in [1.807, 2.05) is 12.4 Å². The smallest absolute Gasteiger partial charge is 0.0612 e. The lowest BCUT2D eigenvalue weighted by Gasteiger charge is -2.03. The zero-order chi connectivity index (χ0) is 9.68. The third-order valence-corrected chi connectivity index (χ3v) is 2.70. The van der Waals surface area contributed by atoms with E-state index in [2.05, 4.69) is 35.5 Å². The maximum Gasteiger partial charge on any atom is 0.0612 e. The third-order valence-electron chi connectivity index (χ3n) is 1.77. The fourth-order valence-corrected chi connectivity index (χ4v) is 1.52. The van der Waals surface area contributed by atoms with Crippen LogP contribution in [0.2, 0.25) is 0 Å². The van der Waals surface area contributed by atoms with E-state index in [9.17, 15) is 0 Å². The Balaban J connectivity index is 2.59. The first-order valence-electron chi connectivity index (χ1n) is 4.31. The summed E-state index contributed by atoms with van der Waals surface area (Å²) in [6.45, 7) is 4.24. The molecule has 1 aromatic rings. The molecule has 0 fully saturated rings. The molecule has 1 rings (SSSR count). The standard InChI is InChI=1S/C9H14N2S2/c1-7(2)9-6-10-8(5-11-9)3-4-13-12/h5-7,12H,3-4H2,1-2H3. The van der Waals surface area contributed by atoms with Gasteiger partial charge in [0.1, 0.15) is 0 Å². The number of aryl methyl sites for hydroxylation is 1. The minimum absolute atomic E-state index is 0.459. The molecule has 0 aliphatic rings. The van der Waals surface area contributed by atoms with Crippen LogP contribution in [-0.2, 0) is 6.42 Å². The van der Waals surface area contributed by atoms with Gasteiger partial charge in [-0.05, 0) is 5.92 Å². The van der Waals surface area contributed by atoms with Crippen LogP contribution in [-0.4, -0.2) is 15.7 Å². The van der Waals surface area contributed by atoms with E-state index < -0.39 is 0 Å². The summed E-state index contributed by atoms with van der Waals surface area (Å²) in [7, 11) is 1.53. The SMILES string of the molecule is CC(C)c1cnc(CCSS)cn1. The van der Waals surface area contributed by atoms with Gasteiger partial charge in [-0.2, -0.15) is 0 Å². The van der Waals surface area contributed by atoms with Gasteiger partial charge in [-0.15, -0.1) is 11.7 Å². The van der Waals surface area contributed by atoms with Crippen molar-refractivity contribution in [3.63, 3.8) is 0 Å². The van der Waals surface area contributed by atoms with Gasteiger partial charge in [0, 0.05) is 24.6 Å². The second-order valence-electron chi connectivity index (χ2n) is 3.17. The molecule has 0 aromatic carbocycles. The number of rotatable bonds is 4. The van der Waals surface area contributed by atoms with Gasteiger partial charge in [-0.3, -0.25) is 9.97 Å². The van der Waals surface area contributed by atoms with Crippen LogP contribution < -0.4 is 0 Å². The van der Waals surface area contributed by atoms with Gasteiger partial charge in [-0.25, -0.2) is 0 Å². The zero-order valence-corrected chi connectivity index (χ0v) is 9.61. The second-order valence-corrected chi connectivity index (χ2v) is 4.61. The molecule has 0 amide bonds. The molecule has 0 N–H and O–H groups in total. The topological polar surface area (TPSA) is 25.8 Å². The molecular weight excluding hydrogens is 200 g/mol. The molecule has 2 nitrogen and oxygen atoms in total. The van der Waals surface area contributed by atoms with Gasteiger partial charge in [0.2, 0.25) is 0 Å². The van der Waals surface area contributed by atoms with Gasteiger partial charge >= 0.3 is 0 Å². The van der Waals surface area contributed by atoms with Crippen LogP contribution in [0.5, 0.6) is 0 Å². The molecule has 1 aromatic heterocycles.